The molecule has 0 amide bonds. The minimum Gasteiger partial charge on any atom is -0.493 e. The predicted octanol–water partition coefficient (Wildman–Crippen LogP) is 3.45. The highest BCUT2D eigenvalue weighted by Gasteiger charge is 2.31. The first-order chi connectivity index (χ1) is 11.5. The number of nitrogens with one attached hydrogen (secondary N) is 1. The van der Waals surface area contributed by atoms with Crippen LogP contribution in [0.15, 0.2) is 12.1 Å². The van der Waals surface area contributed by atoms with Gasteiger partial charge in [0.2, 0.25) is 0 Å². The molecule has 0 spiro atoms. The zero-order chi connectivity index (χ0) is 17.7. The molecule has 1 N–H and O–H groups in total. The fraction of sp³-hybridized carbons (Fsp3) is 0.647. The van der Waals surface area contributed by atoms with Crippen molar-refractivity contribution >= 4 is 30.5 Å². The Morgan fingerprint density at radius 1 is 1.15 bits per heavy atom. The highest BCUT2D eigenvalue weighted by Crippen LogP contribution is 2.41. The Morgan fingerprint density at radius 2 is 1.69 bits per heavy atom. The zero-order valence-electron chi connectivity index (χ0n) is 15.7. The lowest BCUT2D eigenvalue weighted by Gasteiger charge is -2.36. The molecule has 1 fully saturated rings. The van der Waals surface area contributed by atoms with E-state index in [9.17, 15) is 10.1 Å². The van der Waals surface area contributed by atoms with E-state index in [-0.39, 0.29) is 41.5 Å². The maximum absolute atomic E-state index is 11.6. The summed E-state index contributed by atoms with van der Waals surface area (Å²) < 4.78 is 10.6. The van der Waals surface area contributed by atoms with Crippen molar-refractivity contribution in [2.45, 2.75) is 26.3 Å². The van der Waals surface area contributed by atoms with Crippen molar-refractivity contribution in [1.82, 2.24) is 10.2 Å². The summed E-state index contributed by atoms with van der Waals surface area (Å²) in [6.07, 6.45) is 0.857. The average molecular weight is 410 g/mol. The van der Waals surface area contributed by atoms with E-state index in [0.29, 0.717) is 23.0 Å². The second-order valence-electron chi connectivity index (χ2n) is 6.45. The number of halogens is 2. The molecule has 0 bridgehead atoms. The number of nitro benzene ring substituents is 1. The van der Waals surface area contributed by atoms with Gasteiger partial charge in [0.05, 0.1) is 30.8 Å². The molecule has 1 atom stereocenters. The van der Waals surface area contributed by atoms with Gasteiger partial charge in [-0.2, -0.15) is 0 Å². The molecule has 0 aliphatic carbocycles. The minimum atomic E-state index is -0.327. The van der Waals surface area contributed by atoms with Gasteiger partial charge < -0.3 is 14.8 Å². The molecule has 26 heavy (non-hydrogen) atoms. The van der Waals surface area contributed by atoms with E-state index in [1.165, 1.54) is 13.2 Å². The lowest BCUT2D eigenvalue weighted by Crippen LogP contribution is -2.45. The summed E-state index contributed by atoms with van der Waals surface area (Å²) in [7, 11) is 3.04. The minimum absolute atomic E-state index is 0. The first-order valence-corrected chi connectivity index (χ1v) is 8.33. The molecular weight excluding hydrogens is 381 g/mol. The van der Waals surface area contributed by atoms with Gasteiger partial charge in [0.15, 0.2) is 11.5 Å². The third-order valence-corrected chi connectivity index (χ3v) is 4.38. The van der Waals surface area contributed by atoms with Gasteiger partial charge in [0.1, 0.15) is 0 Å². The van der Waals surface area contributed by atoms with Crippen LogP contribution in [0, 0.1) is 16.0 Å². The fourth-order valence-electron chi connectivity index (χ4n) is 3.22. The molecule has 1 aromatic rings. The highest BCUT2D eigenvalue weighted by atomic mass is 35.5. The van der Waals surface area contributed by atoms with Crippen LogP contribution in [-0.2, 0) is 0 Å². The summed E-state index contributed by atoms with van der Waals surface area (Å²) in [5, 5.41) is 15.0. The van der Waals surface area contributed by atoms with Gasteiger partial charge in [0.25, 0.3) is 5.69 Å². The van der Waals surface area contributed by atoms with E-state index < -0.39 is 0 Å². The van der Waals surface area contributed by atoms with Crippen LogP contribution in [0.5, 0.6) is 11.5 Å². The Bertz CT molecular complexity index is 581. The number of methoxy groups -OCH3 is 2. The molecule has 7 nitrogen and oxygen atoms in total. The Balaban J connectivity index is 0.00000312. The second-order valence-corrected chi connectivity index (χ2v) is 6.45. The molecular formula is C17H29Cl2N3O4. The molecule has 0 unspecified atom stereocenters. The van der Waals surface area contributed by atoms with Gasteiger partial charge in [-0.25, -0.2) is 0 Å². The first kappa shape index (κ1) is 24.7. The van der Waals surface area contributed by atoms with Crippen LogP contribution in [0.4, 0.5) is 5.69 Å². The van der Waals surface area contributed by atoms with Gasteiger partial charge in [-0.3, -0.25) is 15.0 Å². The molecule has 150 valence electrons. The number of piperazine rings is 1. The summed E-state index contributed by atoms with van der Waals surface area (Å²) in [5.41, 5.74) is 0.796. The maximum atomic E-state index is 11.6. The number of nitrogens with zero attached hydrogens (tertiary/aromatic N) is 2. The van der Waals surface area contributed by atoms with Gasteiger partial charge in [0, 0.05) is 32.2 Å². The van der Waals surface area contributed by atoms with E-state index in [0.717, 1.165) is 32.6 Å². The molecule has 1 heterocycles. The number of nitro groups is 1. The van der Waals surface area contributed by atoms with Crippen LogP contribution in [0.1, 0.15) is 31.9 Å². The van der Waals surface area contributed by atoms with Crippen molar-refractivity contribution in [2.75, 3.05) is 40.4 Å². The third kappa shape index (κ3) is 5.87. The summed E-state index contributed by atoms with van der Waals surface area (Å²) in [6, 6.07) is 3.24. The molecule has 1 aliphatic rings. The largest absolute Gasteiger partial charge is 0.493 e. The Morgan fingerprint density at radius 3 is 2.15 bits per heavy atom. The van der Waals surface area contributed by atoms with Gasteiger partial charge in [-0.05, 0) is 18.4 Å². The SMILES string of the molecule is COc1cc([C@@H](CC(C)C)N2CCNCC2)c([N+](=O)[O-])cc1OC.Cl.Cl. The van der Waals surface area contributed by atoms with Gasteiger partial charge >= 0.3 is 0 Å². The van der Waals surface area contributed by atoms with Crippen LogP contribution < -0.4 is 14.8 Å². The van der Waals surface area contributed by atoms with Gasteiger partial charge in [-0.1, -0.05) is 13.8 Å². The first-order valence-electron chi connectivity index (χ1n) is 8.33. The monoisotopic (exact) mass is 409 g/mol. The van der Waals surface area contributed by atoms with Crippen LogP contribution in [0.25, 0.3) is 0 Å². The molecule has 0 radical (unpaired) electrons. The summed E-state index contributed by atoms with van der Waals surface area (Å²) in [4.78, 5) is 13.6. The zero-order valence-corrected chi connectivity index (χ0v) is 17.3. The summed E-state index contributed by atoms with van der Waals surface area (Å²) in [6.45, 7) is 7.83. The molecule has 2 rings (SSSR count). The Hall–Kier alpha value is -1.28. The normalized spacial score (nSPS) is 15.6. The second kappa shape index (κ2) is 11.4. The molecule has 1 saturated heterocycles. The topological polar surface area (TPSA) is 76.9 Å². The van der Waals surface area contributed by atoms with Crippen LogP contribution in [0.2, 0.25) is 0 Å². The van der Waals surface area contributed by atoms with E-state index in [1.807, 2.05) is 0 Å². The molecule has 0 aromatic heterocycles. The fourth-order valence-corrected chi connectivity index (χ4v) is 3.22. The molecule has 9 heteroatoms. The van der Waals surface area contributed by atoms with E-state index >= 15 is 0 Å². The van der Waals surface area contributed by atoms with Crippen molar-refractivity contribution in [3.63, 3.8) is 0 Å². The summed E-state index contributed by atoms with van der Waals surface area (Å²) in [5.74, 6) is 1.34. The number of hydrogen-bond acceptors (Lipinski definition) is 6. The lowest BCUT2D eigenvalue weighted by molar-refractivity contribution is -0.386. The van der Waals surface area contributed by atoms with Crippen LogP contribution >= 0.6 is 24.8 Å². The predicted molar refractivity (Wildman–Crippen MR) is 107 cm³/mol. The maximum Gasteiger partial charge on any atom is 0.278 e. The number of ether oxygens (including phenoxy) is 2. The highest BCUT2D eigenvalue weighted by molar-refractivity contribution is 5.85. The molecule has 1 aromatic carbocycles. The number of rotatable bonds is 7. The molecule has 0 saturated carbocycles. The lowest BCUT2D eigenvalue weighted by atomic mass is 9.93. The number of hydrogen-bond donors (Lipinski definition) is 1. The van der Waals surface area contributed by atoms with Crippen molar-refractivity contribution < 1.29 is 14.4 Å². The Labute approximate surface area is 167 Å². The van der Waals surface area contributed by atoms with Gasteiger partial charge in [-0.15, -0.1) is 24.8 Å². The standard InChI is InChI=1S/C17H27N3O4.2ClH/c1-12(2)9-14(19-7-5-18-6-8-19)13-10-16(23-3)17(24-4)11-15(13)20(21)22;;/h10-12,14,18H,5-9H2,1-4H3;2*1H/t14-;;/m1../s1. The number of benzene rings is 1. The van der Waals surface area contributed by atoms with E-state index in [2.05, 4.69) is 24.1 Å². The average Bonchev–Trinajstić information content (AvgIpc) is 2.59. The van der Waals surface area contributed by atoms with Crippen LogP contribution in [-0.4, -0.2) is 50.2 Å². The quantitative estimate of drug-likeness (QED) is 0.548. The smallest absolute Gasteiger partial charge is 0.278 e. The van der Waals surface area contributed by atoms with Crippen molar-refractivity contribution in [2.24, 2.45) is 5.92 Å². The third-order valence-electron chi connectivity index (χ3n) is 4.38. The van der Waals surface area contributed by atoms with Crippen molar-refractivity contribution in [1.29, 1.82) is 0 Å². The molecule has 1 aliphatic heterocycles. The van der Waals surface area contributed by atoms with Crippen molar-refractivity contribution in [3.8, 4) is 11.5 Å². The van der Waals surface area contributed by atoms with Crippen LogP contribution in [0.3, 0.4) is 0 Å². The summed E-state index contributed by atoms with van der Waals surface area (Å²) >= 11 is 0. The van der Waals surface area contributed by atoms with E-state index in [4.69, 9.17) is 9.47 Å². The van der Waals surface area contributed by atoms with Crippen molar-refractivity contribution in [3.05, 3.63) is 27.8 Å². The van der Waals surface area contributed by atoms with E-state index in [1.54, 1.807) is 13.2 Å². The Kier molecular flexibility index (Phi) is 10.9.